The van der Waals surface area contributed by atoms with E-state index in [1.807, 2.05) is 50.9 Å². The van der Waals surface area contributed by atoms with Crippen molar-refractivity contribution >= 4 is 11.7 Å². The van der Waals surface area contributed by atoms with Crippen molar-refractivity contribution < 1.29 is 14.6 Å². The molecule has 0 radical (unpaired) electrons. The number of aryl methyl sites for hydroxylation is 1. The van der Waals surface area contributed by atoms with Crippen LogP contribution < -0.4 is 9.64 Å². The molecule has 18 heavy (non-hydrogen) atoms. The van der Waals surface area contributed by atoms with Gasteiger partial charge in [0.2, 0.25) is 0 Å². The molecule has 4 nitrogen and oxygen atoms in total. The number of carboxylic acids is 1. The van der Waals surface area contributed by atoms with Crippen LogP contribution in [0.15, 0.2) is 18.2 Å². The van der Waals surface area contributed by atoms with Crippen LogP contribution in [0.2, 0.25) is 0 Å². The second-order valence-electron chi connectivity index (χ2n) is 4.44. The predicted molar refractivity (Wildman–Crippen MR) is 72.5 cm³/mol. The maximum atomic E-state index is 10.7. The quantitative estimate of drug-likeness (QED) is 0.844. The van der Waals surface area contributed by atoms with Gasteiger partial charge in [0.1, 0.15) is 5.75 Å². The van der Waals surface area contributed by atoms with E-state index in [1.54, 1.807) is 0 Å². The standard InChI is InChI=1S/C14H21NO3/c1-5-18-13-7-6-12(8-10(13)2)15(4)11(3)9-14(16)17/h6-8,11H,5,9H2,1-4H3,(H,16,17). The Labute approximate surface area is 108 Å². The Balaban J connectivity index is 2.83. The Morgan fingerprint density at radius 2 is 2.17 bits per heavy atom. The van der Waals surface area contributed by atoms with Gasteiger partial charge in [-0.25, -0.2) is 0 Å². The zero-order valence-corrected chi connectivity index (χ0v) is 11.4. The minimum Gasteiger partial charge on any atom is -0.494 e. The van der Waals surface area contributed by atoms with Gasteiger partial charge in [0.15, 0.2) is 0 Å². The molecule has 1 aromatic carbocycles. The Bertz CT molecular complexity index is 418. The van der Waals surface area contributed by atoms with Gasteiger partial charge < -0.3 is 14.7 Å². The molecule has 4 heteroatoms. The van der Waals surface area contributed by atoms with Crippen LogP contribution in [0, 0.1) is 6.92 Å². The van der Waals surface area contributed by atoms with Crippen LogP contribution in [0.25, 0.3) is 0 Å². The largest absolute Gasteiger partial charge is 0.494 e. The van der Waals surface area contributed by atoms with Crippen LogP contribution >= 0.6 is 0 Å². The van der Waals surface area contributed by atoms with E-state index < -0.39 is 5.97 Å². The molecule has 1 N–H and O–H groups in total. The first-order chi connectivity index (χ1) is 8.45. The van der Waals surface area contributed by atoms with Crippen LogP contribution in [0.4, 0.5) is 5.69 Å². The molecule has 0 amide bonds. The number of rotatable bonds is 6. The van der Waals surface area contributed by atoms with Crippen molar-refractivity contribution in [1.29, 1.82) is 0 Å². The van der Waals surface area contributed by atoms with Crippen LogP contribution in [-0.2, 0) is 4.79 Å². The molecule has 1 unspecified atom stereocenters. The number of carboxylic acid groups (broad SMARTS) is 1. The SMILES string of the molecule is CCOc1ccc(N(C)C(C)CC(=O)O)cc1C. The zero-order valence-electron chi connectivity index (χ0n) is 11.4. The van der Waals surface area contributed by atoms with Crippen LogP contribution in [-0.4, -0.2) is 30.8 Å². The Kier molecular flexibility index (Phi) is 5.01. The van der Waals surface area contributed by atoms with Crippen molar-refractivity contribution in [2.75, 3.05) is 18.6 Å². The minimum atomic E-state index is -0.781. The second-order valence-corrected chi connectivity index (χ2v) is 4.44. The summed E-state index contributed by atoms with van der Waals surface area (Å²) < 4.78 is 5.48. The molecule has 0 aliphatic heterocycles. The van der Waals surface area contributed by atoms with Crippen molar-refractivity contribution in [2.45, 2.75) is 33.2 Å². The number of carbonyl (C=O) groups is 1. The third-order valence-corrected chi connectivity index (χ3v) is 3.00. The van der Waals surface area contributed by atoms with Crippen molar-refractivity contribution in [2.24, 2.45) is 0 Å². The fourth-order valence-electron chi connectivity index (χ4n) is 1.81. The number of ether oxygens (including phenoxy) is 1. The van der Waals surface area contributed by atoms with E-state index in [0.717, 1.165) is 17.0 Å². The molecule has 0 fully saturated rings. The van der Waals surface area contributed by atoms with Gasteiger partial charge in [-0.2, -0.15) is 0 Å². The fraction of sp³-hybridized carbons (Fsp3) is 0.500. The lowest BCUT2D eigenvalue weighted by Crippen LogP contribution is -2.30. The number of hydrogen-bond acceptors (Lipinski definition) is 3. The van der Waals surface area contributed by atoms with Crippen molar-refractivity contribution in [1.82, 2.24) is 0 Å². The molecular formula is C14H21NO3. The highest BCUT2D eigenvalue weighted by molar-refractivity contribution is 5.68. The van der Waals surface area contributed by atoms with Gasteiger partial charge in [-0.05, 0) is 44.5 Å². The lowest BCUT2D eigenvalue weighted by molar-refractivity contribution is -0.137. The van der Waals surface area contributed by atoms with Gasteiger partial charge in [0, 0.05) is 18.8 Å². The second kappa shape index (κ2) is 6.28. The molecule has 1 aromatic rings. The average molecular weight is 251 g/mol. The predicted octanol–water partition coefficient (Wildman–Crippen LogP) is 2.69. The van der Waals surface area contributed by atoms with Gasteiger partial charge in [-0.1, -0.05) is 0 Å². The van der Waals surface area contributed by atoms with Crippen LogP contribution in [0.1, 0.15) is 25.8 Å². The average Bonchev–Trinajstić information content (AvgIpc) is 2.30. The van der Waals surface area contributed by atoms with E-state index in [9.17, 15) is 4.79 Å². The Morgan fingerprint density at radius 1 is 1.50 bits per heavy atom. The lowest BCUT2D eigenvalue weighted by Gasteiger charge is -2.26. The normalized spacial score (nSPS) is 12.0. The third-order valence-electron chi connectivity index (χ3n) is 3.00. The van der Waals surface area contributed by atoms with E-state index in [1.165, 1.54) is 0 Å². The minimum absolute atomic E-state index is 0.0418. The fourth-order valence-corrected chi connectivity index (χ4v) is 1.81. The van der Waals surface area contributed by atoms with Crippen molar-refractivity contribution in [3.05, 3.63) is 23.8 Å². The monoisotopic (exact) mass is 251 g/mol. The Morgan fingerprint density at radius 3 is 2.67 bits per heavy atom. The lowest BCUT2D eigenvalue weighted by atomic mass is 10.1. The van der Waals surface area contributed by atoms with E-state index >= 15 is 0 Å². The summed E-state index contributed by atoms with van der Waals surface area (Å²) >= 11 is 0. The molecular weight excluding hydrogens is 230 g/mol. The summed E-state index contributed by atoms with van der Waals surface area (Å²) in [4.78, 5) is 12.7. The van der Waals surface area contributed by atoms with E-state index in [2.05, 4.69) is 0 Å². The maximum Gasteiger partial charge on any atom is 0.305 e. The first-order valence-electron chi connectivity index (χ1n) is 6.13. The molecule has 1 rings (SSSR count). The number of nitrogens with zero attached hydrogens (tertiary/aromatic N) is 1. The van der Waals surface area contributed by atoms with Gasteiger partial charge in [0.25, 0.3) is 0 Å². The summed E-state index contributed by atoms with van der Waals surface area (Å²) in [6.45, 7) is 6.49. The molecule has 1 atom stereocenters. The summed E-state index contributed by atoms with van der Waals surface area (Å²) in [7, 11) is 1.91. The molecule has 0 saturated carbocycles. The highest BCUT2D eigenvalue weighted by Gasteiger charge is 2.14. The molecule has 100 valence electrons. The van der Waals surface area contributed by atoms with Crippen LogP contribution in [0.5, 0.6) is 5.75 Å². The first kappa shape index (κ1) is 14.4. The molecule has 0 spiro atoms. The number of benzene rings is 1. The number of hydrogen-bond donors (Lipinski definition) is 1. The van der Waals surface area contributed by atoms with Gasteiger partial charge in [-0.15, -0.1) is 0 Å². The van der Waals surface area contributed by atoms with E-state index in [4.69, 9.17) is 9.84 Å². The summed E-state index contributed by atoms with van der Waals surface area (Å²) in [5, 5.41) is 8.80. The van der Waals surface area contributed by atoms with Gasteiger partial charge in [0.05, 0.1) is 13.0 Å². The van der Waals surface area contributed by atoms with E-state index in [-0.39, 0.29) is 12.5 Å². The molecule has 0 aliphatic rings. The van der Waals surface area contributed by atoms with Gasteiger partial charge >= 0.3 is 5.97 Å². The molecule has 0 aromatic heterocycles. The van der Waals surface area contributed by atoms with Crippen molar-refractivity contribution in [3.63, 3.8) is 0 Å². The highest BCUT2D eigenvalue weighted by atomic mass is 16.5. The topological polar surface area (TPSA) is 49.8 Å². The number of anilines is 1. The number of aliphatic carboxylic acids is 1. The summed E-state index contributed by atoms with van der Waals surface area (Å²) in [6, 6.07) is 5.86. The van der Waals surface area contributed by atoms with E-state index in [0.29, 0.717) is 6.61 Å². The highest BCUT2D eigenvalue weighted by Crippen LogP contribution is 2.25. The Hall–Kier alpha value is -1.71. The molecule has 0 bridgehead atoms. The summed E-state index contributed by atoms with van der Waals surface area (Å²) in [6.07, 6.45) is 0.128. The molecule has 0 aliphatic carbocycles. The summed E-state index contributed by atoms with van der Waals surface area (Å²) in [5.74, 6) is 0.0950. The maximum absolute atomic E-state index is 10.7. The van der Waals surface area contributed by atoms with Crippen LogP contribution in [0.3, 0.4) is 0 Å². The third kappa shape index (κ3) is 3.65. The zero-order chi connectivity index (χ0) is 13.7. The molecule has 0 saturated heterocycles. The smallest absolute Gasteiger partial charge is 0.305 e. The van der Waals surface area contributed by atoms with Crippen molar-refractivity contribution in [3.8, 4) is 5.75 Å². The molecule has 0 heterocycles. The summed E-state index contributed by atoms with van der Waals surface area (Å²) in [5.41, 5.74) is 2.06. The van der Waals surface area contributed by atoms with Gasteiger partial charge in [-0.3, -0.25) is 4.79 Å². The first-order valence-corrected chi connectivity index (χ1v) is 6.13.